The van der Waals surface area contributed by atoms with Gasteiger partial charge in [-0.1, -0.05) is 42.0 Å². The number of nitrogens with zero attached hydrogens (tertiary/aromatic N) is 2. The first kappa shape index (κ1) is 13.2. The van der Waals surface area contributed by atoms with E-state index in [1.165, 1.54) is 0 Å². The molecule has 3 nitrogen and oxygen atoms in total. The first-order chi connectivity index (χ1) is 9.72. The molecule has 2 aliphatic rings. The van der Waals surface area contributed by atoms with Crippen LogP contribution in [-0.4, -0.2) is 16.7 Å². The second-order valence-electron chi connectivity index (χ2n) is 4.52. The number of amidine groups is 1. The Hall–Kier alpha value is -1.78. The largest absolute Gasteiger partial charge is 0.319 e. The minimum atomic E-state index is 0.0610. The average molecular weight is 302 g/mol. The van der Waals surface area contributed by atoms with Gasteiger partial charge in [0.25, 0.3) is 0 Å². The van der Waals surface area contributed by atoms with Crippen LogP contribution < -0.4 is 5.32 Å². The number of nitrogens with one attached hydrogen (secondary N) is 1. The summed E-state index contributed by atoms with van der Waals surface area (Å²) in [5.74, 6) is 0.895. The molecule has 100 valence electrons. The van der Waals surface area contributed by atoms with Crippen molar-refractivity contribution in [2.45, 2.75) is 6.54 Å². The molecule has 20 heavy (non-hydrogen) atoms. The lowest BCUT2D eigenvalue weighted by Gasteiger charge is -2.24. The van der Waals surface area contributed by atoms with Crippen molar-refractivity contribution in [3.8, 4) is 0 Å². The van der Waals surface area contributed by atoms with Gasteiger partial charge in [0.05, 0.1) is 18.2 Å². The molecule has 0 spiro atoms. The molecular formula is C15H12ClN3S. The first-order valence-corrected chi connectivity index (χ1v) is 7.04. The number of hydrogen-bond donors (Lipinski definition) is 1. The number of allylic oxidation sites excluding steroid dienone is 3. The summed E-state index contributed by atoms with van der Waals surface area (Å²) in [6.07, 6.45) is 7.98. The van der Waals surface area contributed by atoms with Crippen molar-refractivity contribution in [2.75, 3.05) is 0 Å². The molecule has 0 saturated carbocycles. The number of aliphatic imine (C=N–C) groups is 2. The van der Waals surface area contributed by atoms with Crippen LogP contribution in [0.5, 0.6) is 0 Å². The van der Waals surface area contributed by atoms with E-state index in [2.05, 4.69) is 21.4 Å². The quantitative estimate of drug-likeness (QED) is 0.851. The van der Waals surface area contributed by atoms with Gasteiger partial charge >= 0.3 is 0 Å². The lowest BCUT2D eigenvalue weighted by atomic mass is 9.96. The Morgan fingerprint density at radius 3 is 3.10 bits per heavy atom. The number of thiocarbonyl (C=S) groups is 1. The van der Waals surface area contributed by atoms with Crippen LogP contribution >= 0.6 is 23.8 Å². The Morgan fingerprint density at radius 1 is 1.35 bits per heavy atom. The van der Waals surface area contributed by atoms with Crippen LogP contribution in [0.1, 0.15) is 5.56 Å². The number of benzene rings is 1. The Bertz CT molecular complexity index is 673. The third-order valence-electron chi connectivity index (χ3n) is 3.08. The zero-order valence-electron chi connectivity index (χ0n) is 10.6. The van der Waals surface area contributed by atoms with E-state index in [1.807, 2.05) is 42.5 Å². The van der Waals surface area contributed by atoms with Crippen molar-refractivity contribution >= 4 is 40.5 Å². The molecule has 0 amide bonds. The highest BCUT2D eigenvalue weighted by Gasteiger charge is 2.24. The van der Waals surface area contributed by atoms with Crippen molar-refractivity contribution in [3.63, 3.8) is 0 Å². The summed E-state index contributed by atoms with van der Waals surface area (Å²) in [4.78, 5) is 8.94. The molecule has 1 aliphatic carbocycles. The van der Waals surface area contributed by atoms with Gasteiger partial charge in [-0.25, -0.2) is 4.99 Å². The van der Waals surface area contributed by atoms with E-state index < -0.39 is 0 Å². The lowest BCUT2D eigenvalue weighted by Crippen LogP contribution is -2.42. The highest BCUT2D eigenvalue weighted by Crippen LogP contribution is 2.17. The summed E-state index contributed by atoms with van der Waals surface area (Å²) in [6, 6.07) is 7.69. The van der Waals surface area contributed by atoms with Gasteiger partial charge < -0.3 is 5.32 Å². The molecular weight excluding hydrogens is 290 g/mol. The molecule has 0 aromatic heterocycles. The minimum Gasteiger partial charge on any atom is -0.319 e. The van der Waals surface area contributed by atoms with E-state index in [-0.39, 0.29) is 5.92 Å². The van der Waals surface area contributed by atoms with Gasteiger partial charge in [-0.3, -0.25) is 4.99 Å². The molecule has 1 N–H and O–H groups in total. The SMILES string of the molecule is S=C1N=C2C=CC=CC2C(=NCc2cccc(Cl)c2)N1. The zero-order valence-corrected chi connectivity index (χ0v) is 12.2. The van der Waals surface area contributed by atoms with Crippen molar-refractivity contribution < 1.29 is 0 Å². The maximum Gasteiger partial charge on any atom is 0.198 e. The second kappa shape index (κ2) is 5.69. The molecule has 0 saturated heterocycles. The summed E-state index contributed by atoms with van der Waals surface area (Å²) in [7, 11) is 0. The molecule has 1 atom stereocenters. The van der Waals surface area contributed by atoms with E-state index in [4.69, 9.17) is 23.8 Å². The predicted octanol–water partition coefficient (Wildman–Crippen LogP) is 3.31. The van der Waals surface area contributed by atoms with Gasteiger partial charge in [-0.2, -0.15) is 0 Å². The van der Waals surface area contributed by atoms with Crippen LogP contribution in [0.3, 0.4) is 0 Å². The standard InChI is InChI=1S/C15H12ClN3S/c16-11-5-3-4-10(8-11)9-17-14-12-6-1-2-7-13(12)18-15(20)19-14/h1-8,12H,9H2,(H,17,19,20). The number of fused-ring (bicyclic) bond motifs is 1. The number of halogens is 1. The van der Waals surface area contributed by atoms with Crippen LogP contribution in [0, 0.1) is 5.92 Å². The maximum absolute atomic E-state index is 5.98. The van der Waals surface area contributed by atoms with Gasteiger partial charge in [0.15, 0.2) is 5.11 Å². The fraction of sp³-hybridized carbons (Fsp3) is 0.133. The smallest absolute Gasteiger partial charge is 0.198 e. The van der Waals surface area contributed by atoms with Crippen LogP contribution in [-0.2, 0) is 6.54 Å². The van der Waals surface area contributed by atoms with Crippen molar-refractivity contribution in [3.05, 3.63) is 59.2 Å². The molecule has 1 aromatic rings. The fourth-order valence-electron chi connectivity index (χ4n) is 2.15. The van der Waals surface area contributed by atoms with Crippen LogP contribution in [0.2, 0.25) is 5.02 Å². The fourth-order valence-corrected chi connectivity index (χ4v) is 2.57. The lowest BCUT2D eigenvalue weighted by molar-refractivity contribution is 0.987. The van der Waals surface area contributed by atoms with E-state index in [0.29, 0.717) is 11.7 Å². The molecule has 1 aliphatic heterocycles. The van der Waals surface area contributed by atoms with Crippen LogP contribution in [0.25, 0.3) is 0 Å². The average Bonchev–Trinajstić information content (AvgIpc) is 2.44. The summed E-state index contributed by atoms with van der Waals surface area (Å²) in [5.41, 5.74) is 2.00. The third kappa shape index (κ3) is 2.86. The van der Waals surface area contributed by atoms with Gasteiger partial charge in [0, 0.05) is 5.02 Å². The van der Waals surface area contributed by atoms with Gasteiger partial charge in [0.2, 0.25) is 0 Å². The Morgan fingerprint density at radius 2 is 2.25 bits per heavy atom. The van der Waals surface area contributed by atoms with E-state index in [1.54, 1.807) is 0 Å². The third-order valence-corrected chi connectivity index (χ3v) is 3.51. The van der Waals surface area contributed by atoms with Crippen molar-refractivity contribution in [2.24, 2.45) is 15.9 Å². The number of rotatable bonds is 2. The Labute approximate surface area is 127 Å². The molecule has 3 rings (SSSR count). The van der Waals surface area contributed by atoms with Crippen LogP contribution in [0.15, 0.2) is 58.6 Å². The first-order valence-electron chi connectivity index (χ1n) is 6.25. The molecule has 1 heterocycles. The molecule has 1 aromatic carbocycles. The minimum absolute atomic E-state index is 0.0610. The van der Waals surface area contributed by atoms with E-state index in [9.17, 15) is 0 Å². The van der Waals surface area contributed by atoms with Gasteiger partial charge in [0.1, 0.15) is 5.84 Å². The van der Waals surface area contributed by atoms with Gasteiger partial charge in [-0.05, 0) is 36.0 Å². The summed E-state index contributed by atoms with van der Waals surface area (Å²) < 4.78 is 0. The highest BCUT2D eigenvalue weighted by atomic mass is 35.5. The zero-order chi connectivity index (χ0) is 13.9. The normalized spacial score (nSPS) is 22.4. The van der Waals surface area contributed by atoms with Crippen LogP contribution in [0.4, 0.5) is 0 Å². The Kier molecular flexibility index (Phi) is 3.76. The molecule has 5 heteroatoms. The van der Waals surface area contributed by atoms with E-state index in [0.717, 1.165) is 22.1 Å². The maximum atomic E-state index is 5.98. The summed E-state index contributed by atoms with van der Waals surface area (Å²) in [6.45, 7) is 0.562. The molecule has 1 unspecified atom stereocenters. The van der Waals surface area contributed by atoms with E-state index >= 15 is 0 Å². The van der Waals surface area contributed by atoms with Crippen molar-refractivity contribution in [1.29, 1.82) is 0 Å². The Balaban J connectivity index is 1.84. The molecule has 0 bridgehead atoms. The van der Waals surface area contributed by atoms with Crippen molar-refractivity contribution in [1.82, 2.24) is 5.32 Å². The molecule has 0 radical (unpaired) electrons. The van der Waals surface area contributed by atoms with Gasteiger partial charge in [-0.15, -0.1) is 0 Å². The molecule has 0 fully saturated rings. The number of hydrogen-bond acceptors (Lipinski definition) is 2. The summed E-state index contributed by atoms with van der Waals surface area (Å²) in [5, 5.41) is 4.26. The second-order valence-corrected chi connectivity index (χ2v) is 5.34. The predicted molar refractivity (Wildman–Crippen MR) is 87.5 cm³/mol. The highest BCUT2D eigenvalue weighted by molar-refractivity contribution is 7.80. The topological polar surface area (TPSA) is 36.8 Å². The monoisotopic (exact) mass is 301 g/mol. The summed E-state index contributed by atoms with van der Waals surface area (Å²) >= 11 is 11.1.